The summed E-state index contributed by atoms with van der Waals surface area (Å²) >= 11 is 7.47. The Hall–Kier alpha value is -4.12. The SMILES string of the molecule is Brc1cccc(N(c2ccccc2)c2cccc3c2C(N(c2ccccc2)c2cccc(Br)c2)c2ccccc2-3)c1. The fraction of sp³-hybridized carbons (Fsp3) is 0.0270. The molecule has 6 aromatic rings. The standard InChI is InChI=1S/C37H26Br2N2/c38-26-12-9-18-30(24-26)40(28-14-3-1-4-15-28)35-23-11-22-33-32-20-7-8-21-34(32)37(36(33)35)41(29-16-5-2-6-17-29)31-19-10-13-27(39)25-31/h1-25,37H. The van der Waals surface area contributed by atoms with Gasteiger partial charge in [-0.1, -0.05) is 117 Å². The summed E-state index contributed by atoms with van der Waals surface area (Å²) in [7, 11) is 0. The molecule has 0 spiro atoms. The lowest BCUT2D eigenvalue weighted by atomic mass is 9.98. The molecule has 1 aliphatic rings. The molecule has 0 heterocycles. The van der Waals surface area contributed by atoms with Crippen LogP contribution in [0, 0.1) is 0 Å². The second-order valence-corrected chi connectivity index (χ2v) is 11.9. The van der Waals surface area contributed by atoms with Crippen LogP contribution in [0.2, 0.25) is 0 Å². The number of rotatable bonds is 6. The van der Waals surface area contributed by atoms with Gasteiger partial charge in [0.1, 0.15) is 0 Å². The summed E-state index contributed by atoms with van der Waals surface area (Å²) in [6, 6.07) is 54.0. The number of anilines is 5. The molecule has 0 bridgehead atoms. The van der Waals surface area contributed by atoms with Crippen LogP contribution >= 0.6 is 31.9 Å². The zero-order chi connectivity index (χ0) is 27.8. The minimum Gasteiger partial charge on any atom is -0.330 e. The van der Waals surface area contributed by atoms with Gasteiger partial charge in [-0.3, -0.25) is 0 Å². The van der Waals surface area contributed by atoms with Gasteiger partial charge in [0.2, 0.25) is 0 Å². The average molecular weight is 658 g/mol. The van der Waals surface area contributed by atoms with Gasteiger partial charge >= 0.3 is 0 Å². The molecule has 4 heteroatoms. The van der Waals surface area contributed by atoms with E-state index >= 15 is 0 Å². The molecule has 1 aliphatic carbocycles. The van der Waals surface area contributed by atoms with Gasteiger partial charge < -0.3 is 9.80 Å². The Labute approximate surface area is 257 Å². The van der Waals surface area contributed by atoms with E-state index in [1.165, 1.54) is 22.3 Å². The third kappa shape index (κ3) is 4.77. The van der Waals surface area contributed by atoms with E-state index in [9.17, 15) is 0 Å². The number of fused-ring (bicyclic) bond motifs is 3. The Morgan fingerprint density at radius 1 is 0.439 bits per heavy atom. The number of hydrogen-bond acceptors (Lipinski definition) is 2. The zero-order valence-electron chi connectivity index (χ0n) is 22.2. The van der Waals surface area contributed by atoms with Gasteiger partial charge in [0.15, 0.2) is 0 Å². The largest absolute Gasteiger partial charge is 0.330 e. The molecule has 198 valence electrons. The summed E-state index contributed by atoms with van der Waals surface area (Å²) in [5, 5.41) is 0. The number of hydrogen-bond donors (Lipinski definition) is 0. The van der Waals surface area contributed by atoms with E-state index in [4.69, 9.17) is 0 Å². The van der Waals surface area contributed by atoms with Gasteiger partial charge in [-0.2, -0.15) is 0 Å². The second kappa shape index (κ2) is 11.0. The number of nitrogens with zero attached hydrogens (tertiary/aromatic N) is 2. The van der Waals surface area contributed by atoms with Crippen molar-refractivity contribution < 1.29 is 0 Å². The van der Waals surface area contributed by atoms with E-state index in [1.807, 2.05) is 0 Å². The van der Waals surface area contributed by atoms with E-state index in [2.05, 4.69) is 193 Å². The lowest BCUT2D eigenvalue weighted by Crippen LogP contribution is -2.25. The summed E-state index contributed by atoms with van der Waals surface area (Å²) in [4.78, 5) is 4.86. The highest BCUT2D eigenvalue weighted by atomic mass is 79.9. The highest BCUT2D eigenvalue weighted by Gasteiger charge is 2.37. The molecule has 0 saturated heterocycles. The fourth-order valence-corrected chi connectivity index (χ4v) is 6.73. The summed E-state index contributed by atoms with van der Waals surface area (Å²) in [5.74, 6) is 0. The lowest BCUT2D eigenvalue weighted by molar-refractivity contribution is 0.841. The van der Waals surface area contributed by atoms with Crippen LogP contribution in [0.5, 0.6) is 0 Å². The first-order chi connectivity index (χ1) is 20.2. The normalized spacial score (nSPS) is 13.4. The quantitative estimate of drug-likeness (QED) is 0.176. The molecule has 6 aromatic carbocycles. The van der Waals surface area contributed by atoms with Crippen LogP contribution in [-0.4, -0.2) is 0 Å². The van der Waals surface area contributed by atoms with Gasteiger partial charge in [0.05, 0.1) is 11.7 Å². The first-order valence-corrected chi connectivity index (χ1v) is 15.2. The molecule has 41 heavy (non-hydrogen) atoms. The number of halogens is 2. The summed E-state index contributed by atoms with van der Waals surface area (Å²) < 4.78 is 2.10. The summed E-state index contributed by atoms with van der Waals surface area (Å²) in [6.07, 6.45) is 0. The number of benzene rings is 6. The molecule has 0 amide bonds. The van der Waals surface area contributed by atoms with E-state index in [0.29, 0.717) is 0 Å². The van der Waals surface area contributed by atoms with Crippen LogP contribution in [0.1, 0.15) is 17.2 Å². The van der Waals surface area contributed by atoms with Crippen molar-refractivity contribution in [3.63, 3.8) is 0 Å². The molecular formula is C37H26Br2N2. The first-order valence-electron chi connectivity index (χ1n) is 13.6. The fourth-order valence-electron chi connectivity index (χ4n) is 5.96. The predicted octanol–water partition coefficient (Wildman–Crippen LogP) is 11.6. The molecule has 0 aliphatic heterocycles. The van der Waals surface area contributed by atoms with Gasteiger partial charge in [-0.05, 0) is 83.4 Å². The van der Waals surface area contributed by atoms with Crippen molar-refractivity contribution in [3.05, 3.63) is 172 Å². The maximum Gasteiger partial charge on any atom is 0.0877 e. The molecule has 0 N–H and O–H groups in total. The molecular weight excluding hydrogens is 632 g/mol. The van der Waals surface area contributed by atoms with Crippen molar-refractivity contribution in [2.24, 2.45) is 0 Å². The number of para-hydroxylation sites is 2. The Morgan fingerprint density at radius 3 is 1.68 bits per heavy atom. The maximum absolute atomic E-state index is 3.74. The van der Waals surface area contributed by atoms with E-state index in [-0.39, 0.29) is 6.04 Å². The van der Waals surface area contributed by atoms with Crippen molar-refractivity contribution in [2.75, 3.05) is 9.80 Å². The first kappa shape index (κ1) is 25.8. The molecule has 2 nitrogen and oxygen atoms in total. The smallest absolute Gasteiger partial charge is 0.0877 e. The molecule has 7 rings (SSSR count). The second-order valence-electron chi connectivity index (χ2n) is 10.1. The third-order valence-corrected chi connectivity index (χ3v) is 8.59. The van der Waals surface area contributed by atoms with Crippen LogP contribution in [0.15, 0.2) is 161 Å². The van der Waals surface area contributed by atoms with Crippen LogP contribution in [0.3, 0.4) is 0 Å². The van der Waals surface area contributed by atoms with Gasteiger partial charge in [-0.15, -0.1) is 0 Å². The van der Waals surface area contributed by atoms with Crippen molar-refractivity contribution >= 4 is 60.3 Å². The molecule has 1 unspecified atom stereocenters. The average Bonchev–Trinajstić information content (AvgIpc) is 3.34. The topological polar surface area (TPSA) is 6.48 Å². The van der Waals surface area contributed by atoms with Crippen LogP contribution in [-0.2, 0) is 0 Å². The van der Waals surface area contributed by atoms with Crippen molar-refractivity contribution in [2.45, 2.75) is 6.04 Å². The van der Waals surface area contributed by atoms with Crippen LogP contribution in [0.25, 0.3) is 11.1 Å². The minimum atomic E-state index is -0.0486. The molecule has 0 fully saturated rings. The Morgan fingerprint density at radius 2 is 0.976 bits per heavy atom. The highest BCUT2D eigenvalue weighted by Crippen LogP contribution is 2.55. The summed E-state index contributed by atoms with van der Waals surface area (Å²) in [5.41, 5.74) is 10.7. The minimum absolute atomic E-state index is 0.0486. The Balaban J connectivity index is 1.53. The van der Waals surface area contributed by atoms with Crippen molar-refractivity contribution in [3.8, 4) is 11.1 Å². The maximum atomic E-state index is 3.74. The monoisotopic (exact) mass is 656 g/mol. The van der Waals surface area contributed by atoms with Crippen molar-refractivity contribution in [1.29, 1.82) is 0 Å². The molecule has 1 atom stereocenters. The van der Waals surface area contributed by atoms with Gasteiger partial charge in [-0.25, -0.2) is 0 Å². The van der Waals surface area contributed by atoms with Crippen molar-refractivity contribution in [1.82, 2.24) is 0 Å². The van der Waals surface area contributed by atoms with Gasteiger partial charge in [0, 0.05) is 37.3 Å². The molecule has 0 aromatic heterocycles. The van der Waals surface area contributed by atoms with E-state index in [0.717, 1.165) is 37.4 Å². The highest BCUT2D eigenvalue weighted by molar-refractivity contribution is 9.10. The Kier molecular flexibility index (Phi) is 6.95. The van der Waals surface area contributed by atoms with E-state index in [1.54, 1.807) is 0 Å². The van der Waals surface area contributed by atoms with Crippen LogP contribution in [0.4, 0.5) is 28.4 Å². The molecule has 0 saturated carbocycles. The molecule has 0 radical (unpaired) electrons. The third-order valence-electron chi connectivity index (χ3n) is 7.60. The Bertz CT molecular complexity index is 1840. The predicted molar refractivity (Wildman–Crippen MR) is 179 cm³/mol. The van der Waals surface area contributed by atoms with Crippen LogP contribution < -0.4 is 9.80 Å². The lowest BCUT2D eigenvalue weighted by Gasteiger charge is -2.36. The summed E-state index contributed by atoms with van der Waals surface area (Å²) in [6.45, 7) is 0. The van der Waals surface area contributed by atoms with E-state index < -0.39 is 0 Å². The zero-order valence-corrected chi connectivity index (χ0v) is 25.3. The van der Waals surface area contributed by atoms with Gasteiger partial charge in [0.25, 0.3) is 0 Å².